The Kier molecular flexibility index (Phi) is 6.41. The first-order chi connectivity index (χ1) is 4.27. The molecule has 0 aliphatic carbocycles. The van der Waals surface area contributed by atoms with Crippen LogP contribution in [0.3, 0.4) is 0 Å². The van der Waals surface area contributed by atoms with E-state index in [1.54, 1.807) is 0 Å². The summed E-state index contributed by atoms with van der Waals surface area (Å²) in [6.07, 6.45) is 6.56. The zero-order chi connectivity index (χ0) is 7.11. The highest BCUT2D eigenvalue weighted by atomic mass is 31.0. The molecule has 1 unspecified atom stereocenters. The van der Waals surface area contributed by atoms with E-state index < -0.39 is 0 Å². The highest BCUT2D eigenvalue weighted by Crippen LogP contribution is 2.12. The molecule has 0 bridgehead atoms. The van der Waals surface area contributed by atoms with Gasteiger partial charge in [0.25, 0.3) is 0 Å². The Hall–Kier alpha value is 0.170. The van der Waals surface area contributed by atoms with Gasteiger partial charge in [-0.05, 0) is 12.8 Å². The van der Waals surface area contributed by atoms with Crippen LogP contribution in [0.1, 0.15) is 39.0 Å². The van der Waals surface area contributed by atoms with Crippen molar-refractivity contribution in [2.45, 2.75) is 39.0 Å². The van der Waals surface area contributed by atoms with E-state index >= 15 is 0 Å². The minimum absolute atomic E-state index is 1.19. The van der Waals surface area contributed by atoms with Gasteiger partial charge in [-0.3, -0.25) is 0 Å². The maximum atomic E-state index is 3.82. The second-order valence-electron chi connectivity index (χ2n) is 2.47. The first kappa shape index (κ1) is 9.17. The molecule has 9 heavy (non-hydrogen) atoms. The molecule has 0 N–H and O–H groups in total. The van der Waals surface area contributed by atoms with Crippen molar-refractivity contribution in [3.63, 3.8) is 0 Å². The number of hydrogen-bond donors (Lipinski definition) is 0. The fraction of sp³-hybridized carbons (Fsp3) is 0.750. The van der Waals surface area contributed by atoms with E-state index in [0.717, 1.165) is 0 Å². The van der Waals surface area contributed by atoms with Gasteiger partial charge in [0.05, 0.1) is 0 Å². The third-order valence-corrected chi connectivity index (χ3v) is 1.64. The molecule has 0 saturated carbocycles. The lowest BCUT2D eigenvalue weighted by Gasteiger charge is -1.96. The lowest BCUT2D eigenvalue weighted by Crippen LogP contribution is -1.75. The van der Waals surface area contributed by atoms with Gasteiger partial charge in [0.15, 0.2) is 0 Å². The molecule has 0 rings (SSSR count). The molecule has 54 valence electrons. The molecule has 1 heteroatoms. The summed E-state index contributed by atoms with van der Waals surface area (Å²) in [5, 5.41) is 1.24. The molecular formula is C8H17P. The first-order valence-corrected chi connectivity index (χ1v) is 4.28. The van der Waals surface area contributed by atoms with Crippen LogP contribution in [-0.2, 0) is 0 Å². The number of allylic oxidation sites excluding steroid dienone is 1. The Morgan fingerprint density at radius 2 is 2.00 bits per heavy atom. The minimum Gasteiger partial charge on any atom is -0.111 e. The van der Waals surface area contributed by atoms with Crippen LogP contribution in [0.4, 0.5) is 0 Å². The Morgan fingerprint density at radius 3 is 2.44 bits per heavy atom. The van der Waals surface area contributed by atoms with Crippen molar-refractivity contribution in [3.8, 4) is 0 Å². The summed E-state index contributed by atoms with van der Waals surface area (Å²) in [6.45, 7) is 6.05. The zero-order valence-electron chi connectivity index (χ0n) is 6.32. The van der Waals surface area contributed by atoms with Crippen LogP contribution in [-0.4, -0.2) is 0 Å². The maximum absolute atomic E-state index is 3.82. The lowest BCUT2D eigenvalue weighted by atomic mass is 10.1. The van der Waals surface area contributed by atoms with Gasteiger partial charge < -0.3 is 0 Å². The van der Waals surface area contributed by atoms with Gasteiger partial charge in [-0.1, -0.05) is 38.1 Å². The molecule has 0 saturated heterocycles. The summed E-state index contributed by atoms with van der Waals surface area (Å²) in [5.74, 6) is 0. The zero-order valence-corrected chi connectivity index (χ0v) is 7.47. The van der Waals surface area contributed by atoms with Crippen LogP contribution in [0.25, 0.3) is 0 Å². The summed E-state index contributed by atoms with van der Waals surface area (Å²) in [7, 11) is 2.65. The van der Waals surface area contributed by atoms with Gasteiger partial charge >= 0.3 is 0 Å². The van der Waals surface area contributed by atoms with Crippen molar-refractivity contribution < 1.29 is 0 Å². The van der Waals surface area contributed by atoms with E-state index in [-0.39, 0.29) is 0 Å². The average molecular weight is 144 g/mol. The Morgan fingerprint density at radius 1 is 1.33 bits per heavy atom. The molecule has 0 spiro atoms. The van der Waals surface area contributed by atoms with Gasteiger partial charge in [0.2, 0.25) is 0 Å². The van der Waals surface area contributed by atoms with E-state index in [0.29, 0.717) is 0 Å². The molecule has 1 atom stereocenters. The van der Waals surface area contributed by atoms with E-state index in [2.05, 4.69) is 22.7 Å². The predicted molar refractivity (Wildman–Crippen MR) is 47.6 cm³/mol. The molecule has 0 amide bonds. The standard InChI is InChI=1S/C8H17P/c1-3-4-5-6-7-8(2)9/h2-7,9H2,1H3. The second kappa shape index (κ2) is 6.29. The van der Waals surface area contributed by atoms with Crippen LogP contribution >= 0.6 is 9.24 Å². The van der Waals surface area contributed by atoms with Crippen LogP contribution in [0.5, 0.6) is 0 Å². The summed E-state index contributed by atoms with van der Waals surface area (Å²) >= 11 is 0. The molecule has 0 aliphatic heterocycles. The third-order valence-electron chi connectivity index (χ3n) is 1.35. The van der Waals surface area contributed by atoms with Crippen LogP contribution in [0, 0.1) is 0 Å². The molecule has 0 aliphatic rings. The monoisotopic (exact) mass is 144 g/mol. The van der Waals surface area contributed by atoms with E-state index in [1.165, 1.54) is 37.4 Å². The van der Waals surface area contributed by atoms with Crippen molar-refractivity contribution in [1.29, 1.82) is 0 Å². The predicted octanol–water partition coefficient (Wildman–Crippen LogP) is 3.35. The van der Waals surface area contributed by atoms with Crippen LogP contribution < -0.4 is 0 Å². The fourth-order valence-electron chi connectivity index (χ4n) is 0.779. The number of rotatable bonds is 5. The van der Waals surface area contributed by atoms with Gasteiger partial charge in [-0.2, -0.15) is 0 Å². The van der Waals surface area contributed by atoms with Crippen molar-refractivity contribution >= 4 is 9.24 Å². The van der Waals surface area contributed by atoms with Crippen LogP contribution in [0.2, 0.25) is 0 Å². The highest BCUT2D eigenvalue weighted by Gasteiger charge is 1.86. The second-order valence-corrected chi connectivity index (χ2v) is 3.29. The number of hydrogen-bond acceptors (Lipinski definition) is 0. The van der Waals surface area contributed by atoms with E-state index in [1.807, 2.05) is 0 Å². The van der Waals surface area contributed by atoms with Crippen LogP contribution in [0.15, 0.2) is 11.9 Å². The molecule has 0 radical (unpaired) electrons. The largest absolute Gasteiger partial charge is 0.111 e. The summed E-state index contributed by atoms with van der Waals surface area (Å²) in [4.78, 5) is 0. The highest BCUT2D eigenvalue weighted by molar-refractivity contribution is 7.22. The summed E-state index contributed by atoms with van der Waals surface area (Å²) in [5.41, 5.74) is 0. The minimum atomic E-state index is 1.19. The van der Waals surface area contributed by atoms with Crippen molar-refractivity contribution in [1.82, 2.24) is 0 Å². The quantitative estimate of drug-likeness (QED) is 0.410. The van der Waals surface area contributed by atoms with Gasteiger partial charge in [0.1, 0.15) is 0 Å². The average Bonchev–Trinajstić information content (AvgIpc) is 1.80. The molecule has 0 aromatic rings. The Bertz CT molecular complexity index is 76.6. The molecule has 0 nitrogen and oxygen atoms in total. The topological polar surface area (TPSA) is 0 Å². The lowest BCUT2D eigenvalue weighted by molar-refractivity contribution is 0.672. The molecular weight excluding hydrogens is 127 g/mol. The van der Waals surface area contributed by atoms with E-state index in [4.69, 9.17) is 0 Å². The van der Waals surface area contributed by atoms with Gasteiger partial charge in [0, 0.05) is 0 Å². The van der Waals surface area contributed by atoms with Gasteiger partial charge in [-0.25, -0.2) is 0 Å². The van der Waals surface area contributed by atoms with Crippen molar-refractivity contribution in [3.05, 3.63) is 11.9 Å². The molecule has 0 heterocycles. The van der Waals surface area contributed by atoms with E-state index in [9.17, 15) is 0 Å². The van der Waals surface area contributed by atoms with Crippen molar-refractivity contribution in [2.75, 3.05) is 0 Å². The number of unbranched alkanes of at least 4 members (excludes halogenated alkanes) is 3. The fourth-order valence-corrected chi connectivity index (χ4v) is 0.983. The smallest absolute Gasteiger partial charge is 0.0285 e. The summed E-state index contributed by atoms with van der Waals surface area (Å²) in [6, 6.07) is 0. The molecule has 0 aromatic carbocycles. The summed E-state index contributed by atoms with van der Waals surface area (Å²) < 4.78 is 0. The Balaban J connectivity index is 2.83. The van der Waals surface area contributed by atoms with Crippen molar-refractivity contribution in [2.24, 2.45) is 0 Å². The maximum Gasteiger partial charge on any atom is -0.0285 e. The van der Waals surface area contributed by atoms with Gasteiger partial charge in [-0.15, -0.1) is 9.24 Å². The Labute approximate surface area is 60.9 Å². The SMILES string of the molecule is C=C(P)CCCCCC. The normalized spacial score (nSPS) is 9.56. The third kappa shape index (κ3) is 8.17. The molecule has 0 fully saturated rings. The molecule has 0 aromatic heterocycles. The first-order valence-electron chi connectivity index (χ1n) is 3.70.